The number of rotatable bonds is 6. The molecule has 1 aliphatic rings. The molecule has 0 unspecified atom stereocenters. The van der Waals surface area contributed by atoms with Crippen LogP contribution < -0.4 is 14.8 Å². The molecule has 1 aliphatic heterocycles. The zero-order valence-corrected chi connectivity index (χ0v) is 14.6. The van der Waals surface area contributed by atoms with Gasteiger partial charge in [0.15, 0.2) is 17.6 Å². The Labute approximate surface area is 147 Å². The standard InChI is InChI=1S/C18H24N4O3/c1-3-21(18(23)20-14(2)11-22-10-6-9-19-22)12-15-13-24-16-7-4-5-8-17(16)25-15/h4-10,14-15H,3,11-13H2,1-2H3,(H,20,23)/t14-,15+/m0/s1. The van der Waals surface area contributed by atoms with Gasteiger partial charge in [-0.25, -0.2) is 4.79 Å². The van der Waals surface area contributed by atoms with Crippen LogP contribution in [0, 0.1) is 0 Å². The highest BCUT2D eigenvalue weighted by molar-refractivity contribution is 5.74. The largest absolute Gasteiger partial charge is 0.486 e. The van der Waals surface area contributed by atoms with Crippen LogP contribution in [0.5, 0.6) is 11.5 Å². The van der Waals surface area contributed by atoms with E-state index in [1.807, 2.05) is 50.4 Å². The van der Waals surface area contributed by atoms with E-state index < -0.39 is 0 Å². The first kappa shape index (κ1) is 17.1. The van der Waals surface area contributed by atoms with Crippen molar-refractivity contribution >= 4 is 6.03 Å². The van der Waals surface area contributed by atoms with Gasteiger partial charge in [0.25, 0.3) is 0 Å². The summed E-state index contributed by atoms with van der Waals surface area (Å²) in [5.74, 6) is 1.47. The number of ether oxygens (including phenoxy) is 2. The van der Waals surface area contributed by atoms with Crippen molar-refractivity contribution < 1.29 is 14.3 Å². The van der Waals surface area contributed by atoms with Crippen LogP contribution in [0.4, 0.5) is 4.79 Å². The fraction of sp³-hybridized carbons (Fsp3) is 0.444. The molecule has 134 valence electrons. The molecular formula is C18H24N4O3. The minimum atomic E-state index is -0.179. The average Bonchev–Trinajstić information content (AvgIpc) is 3.12. The first-order valence-corrected chi connectivity index (χ1v) is 8.57. The Morgan fingerprint density at radius 2 is 2.20 bits per heavy atom. The topological polar surface area (TPSA) is 68.6 Å². The molecule has 2 atom stereocenters. The van der Waals surface area contributed by atoms with Gasteiger partial charge in [-0.05, 0) is 32.0 Å². The van der Waals surface area contributed by atoms with Gasteiger partial charge < -0.3 is 19.7 Å². The maximum atomic E-state index is 12.5. The molecule has 1 aromatic carbocycles. The van der Waals surface area contributed by atoms with Crippen molar-refractivity contribution in [3.63, 3.8) is 0 Å². The number of amides is 2. The zero-order chi connectivity index (χ0) is 17.6. The predicted molar refractivity (Wildman–Crippen MR) is 93.8 cm³/mol. The van der Waals surface area contributed by atoms with Crippen molar-refractivity contribution in [1.29, 1.82) is 0 Å². The molecular weight excluding hydrogens is 320 g/mol. The van der Waals surface area contributed by atoms with Crippen molar-refractivity contribution in [2.24, 2.45) is 0 Å². The highest BCUT2D eigenvalue weighted by Gasteiger charge is 2.25. The predicted octanol–water partition coefficient (Wildman–Crippen LogP) is 2.14. The summed E-state index contributed by atoms with van der Waals surface area (Å²) in [6.07, 6.45) is 3.43. The van der Waals surface area contributed by atoms with E-state index in [1.54, 1.807) is 15.8 Å². The van der Waals surface area contributed by atoms with Gasteiger partial charge in [-0.15, -0.1) is 0 Å². The minimum Gasteiger partial charge on any atom is -0.486 e. The molecule has 0 saturated carbocycles. The van der Waals surface area contributed by atoms with E-state index in [4.69, 9.17) is 9.47 Å². The van der Waals surface area contributed by atoms with Gasteiger partial charge in [0.1, 0.15) is 6.61 Å². The number of likely N-dealkylation sites (N-methyl/N-ethyl adjacent to an activating group) is 1. The van der Waals surface area contributed by atoms with Crippen LogP contribution in [0.3, 0.4) is 0 Å². The van der Waals surface area contributed by atoms with E-state index in [-0.39, 0.29) is 18.2 Å². The molecule has 2 aromatic rings. The molecule has 1 aromatic heterocycles. The quantitative estimate of drug-likeness (QED) is 0.872. The Hall–Kier alpha value is -2.70. The minimum absolute atomic E-state index is 0.0225. The van der Waals surface area contributed by atoms with Gasteiger partial charge in [0.2, 0.25) is 0 Å². The molecule has 25 heavy (non-hydrogen) atoms. The smallest absolute Gasteiger partial charge is 0.317 e. The van der Waals surface area contributed by atoms with Crippen LogP contribution in [0.25, 0.3) is 0 Å². The Morgan fingerprint density at radius 3 is 2.92 bits per heavy atom. The number of carbonyl (C=O) groups excluding carboxylic acids is 1. The molecule has 0 radical (unpaired) electrons. The lowest BCUT2D eigenvalue weighted by atomic mass is 10.2. The highest BCUT2D eigenvalue weighted by Crippen LogP contribution is 2.30. The first-order valence-electron chi connectivity index (χ1n) is 8.57. The molecule has 0 bridgehead atoms. The SMILES string of the molecule is CCN(C[C@@H]1COc2ccccc2O1)C(=O)N[C@@H](C)Cn1cccn1. The second-order valence-corrected chi connectivity index (χ2v) is 6.11. The molecule has 0 spiro atoms. The van der Waals surface area contributed by atoms with Crippen molar-refractivity contribution in [3.05, 3.63) is 42.7 Å². The third-order valence-corrected chi connectivity index (χ3v) is 4.05. The third-order valence-electron chi connectivity index (χ3n) is 4.05. The summed E-state index contributed by atoms with van der Waals surface area (Å²) in [7, 11) is 0. The normalized spacial score (nSPS) is 17.0. The van der Waals surface area contributed by atoms with Gasteiger partial charge in [-0.1, -0.05) is 12.1 Å². The van der Waals surface area contributed by atoms with Crippen LogP contribution in [-0.4, -0.2) is 52.6 Å². The van der Waals surface area contributed by atoms with Gasteiger partial charge in [-0.3, -0.25) is 4.68 Å². The highest BCUT2D eigenvalue weighted by atomic mass is 16.6. The van der Waals surface area contributed by atoms with E-state index in [2.05, 4.69) is 10.4 Å². The molecule has 1 N–H and O–H groups in total. The van der Waals surface area contributed by atoms with Crippen molar-refractivity contribution in [1.82, 2.24) is 20.0 Å². The first-order chi connectivity index (χ1) is 12.2. The van der Waals surface area contributed by atoms with Crippen molar-refractivity contribution in [2.45, 2.75) is 32.5 Å². The fourth-order valence-corrected chi connectivity index (χ4v) is 2.79. The second kappa shape index (κ2) is 7.92. The summed E-state index contributed by atoms with van der Waals surface area (Å²) in [4.78, 5) is 14.3. The second-order valence-electron chi connectivity index (χ2n) is 6.11. The van der Waals surface area contributed by atoms with Gasteiger partial charge in [0, 0.05) is 25.0 Å². The van der Waals surface area contributed by atoms with Crippen LogP contribution in [0.15, 0.2) is 42.7 Å². The molecule has 7 nitrogen and oxygen atoms in total. The number of benzene rings is 1. The molecule has 2 heterocycles. The van der Waals surface area contributed by atoms with E-state index in [1.165, 1.54) is 0 Å². The molecule has 0 saturated heterocycles. The van der Waals surface area contributed by atoms with E-state index in [0.29, 0.717) is 26.2 Å². The number of para-hydroxylation sites is 2. The van der Waals surface area contributed by atoms with Crippen molar-refractivity contribution in [3.8, 4) is 11.5 Å². The molecule has 2 amide bonds. The van der Waals surface area contributed by atoms with Gasteiger partial charge in [-0.2, -0.15) is 5.10 Å². The number of hydrogen-bond acceptors (Lipinski definition) is 4. The number of nitrogens with one attached hydrogen (secondary N) is 1. The van der Waals surface area contributed by atoms with Crippen molar-refractivity contribution in [2.75, 3.05) is 19.7 Å². The van der Waals surface area contributed by atoms with Crippen LogP contribution >= 0.6 is 0 Å². The summed E-state index contributed by atoms with van der Waals surface area (Å²) < 4.78 is 13.5. The van der Waals surface area contributed by atoms with Crippen LogP contribution in [-0.2, 0) is 6.54 Å². The van der Waals surface area contributed by atoms with Crippen LogP contribution in [0.1, 0.15) is 13.8 Å². The molecule has 0 aliphatic carbocycles. The lowest BCUT2D eigenvalue weighted by Gasteiger charge is -2.31. The Morgan fingerprint density at radius 1 is 1.40 bits per heavy atom. The number of carbonyl (C=O) groups is 1. The third kappa shape index (κ3) is 4.43. The summed E-state index contributed by atoms with van der Waals surface area (Å²) >= 11 is 0. The summed E-state index contributed by atoms with van der Waals surface area (Å²) in [6.45, 7) is 6.06. The Bertz CT molecular complexity index is 689. The molecule has 0 fully saturated rings. The summed E-state index contributed by atoms with van der Waals surface area (Å²) in [6, 6.07) is 9.32. The number of nitrogens with zero attached hydrogens (tertiary/aromatic N) is 3. The molecule has 7 heteroatoms. The lowest BCUT2D eigenvalue weighted by molar-refractivity contribution is 0.0671. The molecule has 3 rings (SSSR count). The Balaban J connectivity index is 1.52. The average molecular weight is 344 g/mol. The van der Waals surface area contributed by atoms with E-state index >= 15 is 0 Å². The zero-order valence-electron chi connectivity index (χ0n) is 14.6. The summed E-state index contributed by atoms with van der Waals surface area (Å²) in [5.41, 5.74) is 0. The lowest BCUT2D eigenvalue weighted by Crippen LogP contribution is -2.50. The summed E-state index contributed by atoms with van der Waals surface area (Å²) in [5, 5.41) is 7.17. The number of hydrogen-bond donors (Lipinski definition) is 1. The number of fused-ring (bicyclic) bond motifs is 1. The van der Waals surface area contributed by atoms with Crippen LogP contribution in [0.2, 0.25) is 0 Å². The number of aromatic nitrogens is 2. The maximum Gasteiger partial charge on any atom is 0.317 e. The van der Waals surface area contributed by atoms with Gasteiger partial charge in [0.05, 0.1) is 13.1 Å². The fourth-order valence-electron chi connectivity index (χ4n) is 2.79. The van der Waals surface area contributed by atoms with E-state index in [9.17, 15) is 4.79 Å². The Kier molecular flexibility index (Phi) is 5.42. The number of urea groups is 1. The van der Waals surface area contributed by atoms with Gasteiger partial charge >= 0.3 is 6.03 Å². The van der Waals surface area contributed by atoms with E-state index in [0.717, 1.165) is 11.5 Å². The monoisotopic (exact) mass is 344 g/mol. The maximum absolute atomic E-state index is 12.5.